The maximum absolute atomic E-state index is 9.68. The molecule has 0 amide bonds. The average Bonchev–Trinajstić information content (AvgIpc) is 2.56. The standard InChI is InChI=1S/C17H21N3O3/c1-3-23-16-10-12(8-9-14(16)21)11-19-17(18)20-13-6-4-5-7-15(13)22-2/h4-10,21H,3,11H2,1-2H3,(H3,18,19,20). The third-order valence-corrected chi connectivity index (χ3v) is 3.13. The summed E-state index contributed by atoms with van der Waals surface area (Å²) >= 11 is 0. The number of phenols is 1. The van der Waals surface area contributed by atoms with Crippen molar-refractivity contribution in [2.75, 3.05) is 19.0 Å². The van der Waals surface area contributed by atoms with Gasteiger partial charge in [0.2, 0.25) is 0 Å². The molecule has 0 heterocycles. The Bertz CT molecular complexity index is 687. The Balaban J connectivity index is 2.06. The van der Waals surface area contributed by atoms with Gasteiger partial charge in [0.25, 0.3) is 0 Å². The summed E-state index contributed by atoms with van der Waals surface area (Å²) in [6, 6.07) is 12.6. The maximum Gasteiger partial charge on any atom is 0.193 e. The fourth-order valence-electron chi connectivity index (χ4n) is 2.03. The van der Waals surface area contributed by atoms with Crippen LogP contribution in [0.1, 0.15) is 12.5 Å². The average molecular weight is 315 g/mol. The highest BCUT2D eigenvalue weighted by Crippen LogP contribution is 2.27. The summed E-state index contributed by atoms with van der Waals surface area (Å²) in [5.74, 6) is 1.52. The van der Waals surface area contributed by atoms with Gasteiger partial charge in [-0.05, 0) is 36.8 Å². The fourth-order valence-corrected chi connectivity index (χ4v) is 2.03. The molecular formula is C17H21N3O3. The van der Waals surface area contributed by atoms with Gasteiger partial charge in [-0.1, -0.05) is 18.2 Å². The van der Waals surface area contributed by atoms with Gasteiger partial charge >= 0.3 is 0 Å². The number of ether oxygens (including phenoxy) is 2. The molecule has 4 N–H and O–H groups in total. The van der Waals surface area contributed by atoms with Gasteiger partial charge in [-0.3, -0.25) is 0 Å². The topological polar surface area (TPSA) is 89.1 Å². The highest BCUT2D eigenvalue weighted by Gasteiger charge is 2.05. The molecule has 0 aliphatic heterocycles. The number of aromatic hydroxyl groups is 1. The third kappa shape index (κ3) is 4.54. The fraction of sp³-hybridized carbons (Fsp3) is 0.235. The molecule has 0 aromatic heterocycles. The van der Waals surface area contributed by atoms with Crippen LogP contribution >= 0.6 is 0 Å². The van der Waals surface area contributed by atoms with Crippen molar-refractivity contribution in [3.63, 3.8) is 0 Å². The van der Waals surface area contributed by atoms with E-state index in [-0.39, 0.29) is 11.7 Å². The van der Waals surface area contributed by atoms with Crippen LogP contribution in [0.4, 0.5) is 5.69 Å². The number of hydrogen-bond acceptors (Lipinski definition) is 4. The first-order chi connectivity index (χ1) is 11.1. The van der Waals surface area contributed by atoms with Crippen LogP contribution in [0.15, 0.2) is 47.5 Å². The summed E-state index contributed by atoms with van der Waals surface area (Å²) < 4.78 is 10.6. The first-order valence-electron chi connectivity index (χ1n) is 7.28. The molecule has 0 unspecified atom stereocenters. The molecular weight excluding hydrogens is 294 g/mol. The van der Waals surface area contributed by atoms with Crippen LogP contribution in [0, 0.1) is 0 Å². The number of methoxy groups -OCH3 is 1. The number of benzene rings is 2. The summed E-state index contributed by atoms with van der Waals surface area (Å²) in [6.45, 7) is 2.71. The summed E-state index contributed by atoms with van der Waals surface area (Å²) in [4.78, 5) is 4.29. The quantitative estimate of drug-likeness (QED) is 0.563. The SMILES string of the molecule is CCOc1cc(CN=C(N)Nc2ccccc2OC)ccc1O. The zero-order valence-corrected chi connectivity index (χ0v) is 13.2. The van der Waals surface area contributed by atoms with Gasteiger partial charge < -0.3 is 25.6 Å². The molecule has 0 saturated carbocycles. The molecule has 0 atom stereocenters. The molecule has 0 radical (unpaired) electrons. The van der Waals surface area contributed by atoms with Crippen LogP contribution in [0.3, 0.4) is 0 Å². The van der Waals surface area contributed by atoms with Gasteiger partial charge in [0.15, 0.2) is 17.5 Å². The number of guanidine groups is 1. The molecule has 6 nitrogen and oxygen atoms in total. The van der Waals surface area contributed by atoms with Gasteiger partial charge in [0, 0.05) is 0 Å². The molecule has 0 aliphatic rings. The second-order valence-corrected chi connectivity index (χ2v) is 4.76. The van der Waals surface area contributed by atoms with Crippen molar-refractivity contribution in [2.45, 2.75) is 13.5 Å². The molecule has 0 fully saturated rings. The van der Waals surface area contributed by atoms with Gasteiger partial charge in [-0.15, -0.1) is 0 Å². The number of para-hydroxylation sites is 2. The molecule has 122 valence electrons. The number of nitrogens with two attached hydrogens (primary N) is 1. The number of aliphatic imine (C=N–C) groups is 1. The Kier molecular flexibility index (Phi) is 5.68. The van der Waals surface area contributed by atoms with Gasteiger partial charge in [-0.2, -0.15) is 0 Å². The van der Waals surface area contributed by atoms with E-state index in [9.17, 15) is 5.11 Å². The van der Waals surface area contributed by atoms with Crippen LogP contribution < -0.4 is 20.5 Å². The van der Waals surface area contributed by atoms with Gasteiger partial charge in [0.05, 0.1) is 25.9 Å². The molecule has 2 aromatic rings. The molecule has 0 aliphatic carbocycles. The largest absolute Gasteiger partial charge is 0.504 e. The number of hydrogen-bond donors (Lipinski definition) is 3. The Hall–Kier alpha value is -2.89. The minimum Gasteiger partial charge on any atom is -0.504 e. The monoisotopic (exact) mass is 315 g/mol. The second-order valence-electron chi connectivity index (χ2n) is 4.76. The lowest BCUT2D eigenvalue weighted by molar-refractivity contribution is 0.318. The van der Waals surface area contributed by atoms with Crippen molar-refractivity contribution in [1.82, 2.24) is 0 Å². The van der Waals surface area contributed by atoms with Crippen molar-refractivity contribution < 1.29 is 14.6 Å². The first-order valence-corrected chi connectivity index (χ1v) is 7.28. The predicted molar refractivity (Wildman–Crippen MR) is 91.2 cm³/mol. The minimum absolute atomic E-state index is 0.111. The molecule has 0 saturated heterocycles. The Morgan fingerprint density at radius 2 is 2.00 bits per heavy atom. The lowest BCUT2D eigenvalue weighted by Gasteiger charge is -2.10. The highest BCUT2D eigenvalue weighted by atomic mass is 16.5. The molecule has 23 heavy (non-hydrogen) atoms. The van der Waals surface area contributed by atoms with E-state index in [1.807, 2.05) is 31.2 Å². The van der Waals surface area contributed by atoms with E-state index in [1.54, 1.807) is 25.3 Å². The third-order valence-electron chi connectivity index (χ3n) is 3.13. The lowest BCUT2D eigenvalue weighted by Crippen LogP contribution is -2.22. The van der Waals surface area contributed by atoms with Crippen LogP contribution in [-0.4, -0.2) is 24.8 Å². The van der Waals surface area contributed by atoms with Crippen molar-refractivity contribution >= 4 is 11.6 Å². The number of nitrogens with one attached hydrogen (secondary N) is 1. The zero-order chi connectivity index (χ0) is 16.7. The van der Waals surface area contributed by atoms with Crippen LogP contribution in [0.25, 0.3) is 0 Å². The molecule has 0 spiro atoms. The van der Waals surface area contributed by atoms with E-state index in [4.69, 9.17) is 15.2 Å². The Morgan fingerprint density at radius 1 is 1.22 bits per heavy atom. The smallest absolute Gasteiger partial charge is 0.193 e. The van der Waals surface area contributed by atoms with Crippen molar-refractivity contribution in [3.05, 3.63) is 48.0 Å². The number of anilines is 1. The van der Waals surface area contributed by atoms with E-state index in [2.05, 4.69) is 10.3 Å². The lowest BCUT2D eigenvalue weighted by atomic mass is 10.2. The van der Waals surface area contributed by atoms with Crippen LogP contribution in [-0.2, 0) is 6.54 Å². The van der Waals surface area contributed by atoms with E-state index >= 15 is 0 Å². The van der Waals surface area contributed by atoms with E-state index in [1.165, 1.54) is 0 Å². The molecule has 6 heteroatoms. The van der Waals surface area contributed by atoms with Crippen molar-refractivity contribution in [2.24, 2.45) is 10.7 Å². The maximum atomic E-state index is 9.68. The second kappa shape index (κ2) is 7.93. The predicted octanol–water partition coefficient (Wildman–Crippen LogP) is 2.73. The van der Waals surface area contributed by atoms with Crippen molar-refractivity contribution in [3.8, 4) is 17.2 Å². The van der Waals surface area contributed by atoms with E-state index in [0.29, 0.717) is 24.7 Å². The summed E-state index contributed by atoms with van der Waals surface area (Å²) in [5.41, 5.74) is 7.54. The van der Waals surface area contributed by atoms with E-state index in [0.717, 1.165) is 11.3 Å². The van der Waals surface area contributed by atoms with Crippen LogP contribution in [0.5, 0.6) is 17.2 Å². The van der Waals surface area contributed by atoms with E-state index < -0.39 is 0 Å². The van der Waals surface area contributed by atoms with Gasteiger partial charge in [-0.25, -0.2) is 4.99 Å². The minimum atomic E-state index is 0.111. The Morgan fingerprint density at radius 3 is 2.74 bits per heavy atom. The molecule has 0 bridgehead atoms. The summed E-state index contributed by atoms with van der Waals surface area (Å²) in [7, 11) is 1.60. The molecule has 2 rings (SSSR count). The van der Waals surface area contributed by atoms with Gasteiger partial charge in [0.1, 0.15) is 5.75 Å². The Labute approximate surface area is 135 Å². The number of nitrogens with zero attached hydrogens (tertiary/aromatic N) is 1. The normalized spacial score (nSPS) is 11.1. The van der Waals surface area contributed by atoms with Crippen molar-refractivity contribution in [1.29, 1.82) is 0 Å². The summed E-state index contributed by atoms with van der Waals surface area (Å²) in [6.07, 6.45) is 0. The number of phenolic OH excluding ortho intramolecular Hbond substituents is 1. The highest BCUT2D eigenvalue weighted by molar-refractivity contribution is 5.93. The van der Waals surface area contributed by atoms with Crippen LogP contribution in [0.2, 0.25) is 0 Å². The zero-order valence-electron chi connectivity index (χ0n) is 13.2. The number of rotatable bonds is 6. The summed E-state index contributed by atoms with van der Waals surface area (Å²) in [5, 5.41) is 12.7. The first kappa shape index (κ1) is 16.5. The molecule has 2 aromatic carbocycles.